The Morgan fingerprint density at radius 2 is 1.94 bits per heavy atom. The molecule has 8 nitrogen and oxygen atoms in total. The molecule has 0 bridgehead atoms. The van der Waals surface area contributed by atoms with Crippen molar-refractivity contribution in [2.75, 3.05) is 12.4 Å². The third kappa shape index (κ3) is 5.12. The van der Waals surface area contributed by atoms with Gasteiger partial charge in [-0.2, -0.15) is 0 Å². The summed E-state index contributed by atoms with van der Waals surface area (Å²) in [6.07, 6.45) is 6.56. The molecule has 34 heavy (non-hydrogen) atoms. The number of para-hydroxylation sites is 1. The molecule has 2 N–H and O–H groups in total. The van der Waals surface area contributed by atoms with Crippen molar-refractivity contribution in [1.29, 1.82) is 0 Å². The molecule has 0 radical (unpaired) electrons. The van der Waals surface area contributed by atoms with Crippen molar-refractivity contribution in [3.8, 4) is 5.69 Å². The topological polar surface area (TPSA) is 105 Å². The average Bonchev–Trinajstić information content (AvgIpc) is 3.36. The van der Waals surface area contributed by atoms with Gasteiger partial charge in [0.2, 0.25) is 11.6 Å². The molecule has 3 aromatic rings. The molecule has 0 spiro atoms. The number of hydrogen-bond donors (Lipinski definition) is 2. The summed E-state index contributed by atoms with van der Waals surface area (Å²) in [6.45, 7) is 1.88. The fourth-order valence-electron chi connectivity index (χ4n) is 4.09. The number of aromatic nitrogens is 2. The first kappa shape index (κ1) is 24.3. The van der Waals surface area contributed by atoms with Crippen LogP contribution in [0.4, 0.5) is 5.00 Å². The lowest BCUT2D eigenvalue weighted by Gasteiger charge is -2.13. The Labute approximate surface area is 205 Å². The third-order valence-electron chi connectivity index (χ3n) is 5.84. The zero-order valence-corrected chi connectivity index (χ0v) is 20.9. The summed E-state index contributed by atoms with van der Waals surface area (Å²) in [5, 5.41) is 5.81. The molecule has 2 aromatic heterocycles. The molecule has 1 amide bonds. The van der Waals surface area contributed by atoms with Gasteiger partial charge in [0.1, 0.15) is 5.00 Å². The number of H-pyrrole nitrogens is 1. The number of aryl methyl sites for hydroxylation is 1. The molecular weight excluding hydrogens is 474 g/mol. The van der Waals surface area contributed by atoms with Crippen LogP contribution in [0.3, 0.4) is 0 Å². The number of thioether (sulfide) groups is 1. The fourth-order valence-corrected chi connectivity index (χ4v) is 6.35. The Bertz CT molecular complexity index is 1220. The van der Waals surface area contributed by atoms with Crippen molar-refractivity contribution in [2.45, 2.75) is 62.1 Å². The molecule has 1 aliphatic carbocycles. The van der Waals surface area contributed by atoms with E-state index in [1.54, 1.807) is 0 Å². The summed E-state index contributed by atoms with van der Waals surface area (Å²) in [5.74, 6) is -0.700. The predicted octanol–water partition coefficient (Wildman–Crippen LogP) is 4.26. The van der Waals surface area contributed by atoms with Crippen molar-refractivity contribution in [1.82, 2.24) is 5.27 Å². The van der Waals surface area contributed by atoms with Gasteiger partial charge in [0.15, 0.2) is 0 Å². The number of esters is 1. The van der Waals surface area contributed by atoms with Gasteiger partial charge in [0.25, 0.3) is 0 Å². The molecule has 0 fully saturated rings. The van der Waals surface area contributed by atoms with Crippen molar-refractivity contribution < 1.29 is 23.5 Å². The van der Waals surface area contributed by atoms with Crippen LogP contribution in [-0.2, 0) is 22.4 Å². The van der Waals surface area contributed by atoms with E-state index in [1.807, 2.05) is 37.3 Å². The van der Waals surface area contributed by atoms with Gasteiger partial charge < -0.3 is 10.1 Å². The molecule has 1 aliphatic rings. The van der Waals surface area contributed by atoms with Gasteiger partial charge in [-0.3, -0.25) is 9.32 Å². The lowest BCUT2D eigenvalue weighted by Crippen LogP contribution is -2.37. The summed E-state index contributed by atoms with van der Waals surface area (Å²) < 4.78 is 11.6. The Hall–Kier alpha value is -2.85. The van der Waals surface area contributed by atoms with Gasteiger partial charge in [0.05, 0.1) is 17.9 Å². The Kier molecular flexibility index (Phi) is 7.89. The number of anilines is 1. The number of amides is 1. The van der Waals surface area contributed by atoms with E-state index in [0.717, 1.165) is 60.0 Å². The lowest BCUT2D eigenvalue weighted by molar-refractivity contribution is -0.704. The van der Waals surface area contributed by atoms with Crippen LogP contribution in [0.5, 0.6) is 0 Å². The molecule has 1 aromatic carbocycles. The van der Waals surface area contributed by atoms with Crippen molar-refractivity contribution in [3.05, 3.63) is 56.8 Å². The minimum absolute atomic E-state index is 0.271. The Morgan fingerprint density at radius 3 is 2.65 bits per heavy atom. The lowest BCUT2D eigenvalue weighted by atomic mass is 9.96. The number of thiophene rings is 1. The monoisotopic (exact) mass is 502 g/mol. The van der Waals surface area contributed by atoms with Crippen LogP contribution >= 0.6 is 23.1 Å². The van der Waals surface area contributed by atoms with E-state index < -0.39 is 16.8 Å². The van der Waals surface area contributed by atoms with E-state index >= 15 is 0 Å². The van der Waals surface area contributed by atoms with Crippen LogP contribution in [0.1, 0.15) is 59.8 Å². The number of carbonyl (C=O) groups excluding carboxylic acids is 2. The number of carbonyl (C=O) groups is 2. The summed E-state index contributed by atoms with van der Waals surface area (Å²) in [5.41, 5.74) is 1.64. The predicted molar refractivity (Wildman–Crippen MR) is 131 cm³/mol. The average molecular weight is 503 g/mol. The quantitative estimate of drug-likeness (QED) is 0.284. The van der Waals surface area contributed by atoms with Crippen LogP contribution in [0, 0.1) is 0 Å². The van der Waals surface area contributed by atoms with Crippen molar-refractivity contribution >= 4 is 40.0 Å². The van der Waals surface area contributed by atoms with Crippen LogP contribution in [0.2, 0.25) is 0 Å². The Morgan fingerprint density at radius 1 is 1.21 bits per heavy atom. The minimum Gasteiger partial charge on any atom is -0.465 e. The molecule has 180 valence electrons. The zero-order valence-electron chi connectivity index (χ0n) is 19.2. The maximum absolute atomic E-state index is 13.3. The van der Waals surface area contributed by atoms with E-state index in [2.05, 4.69) is 10.6 Å². The summed E-state index contributed by atoms with van der Waals surface area (Å²) >= 11 is 2.60. The molecule has 0 saturated heterocycles. The van der Waals surface area contributed by atoms with Crippen molar-refractivity contribution in [2.24, 2.45) is 0 Å². The first-order valence-corrected chi connectivity index (χ1v) is 13.1. The van der Waals surface area contributed by atoms with Gasteiger partial charge in [-0.1, -0.05) is 38.0 Å². The third-order valence-corrected chi connectivity index (χ3v) is 8.45. The second kappa shape index (κ2) is 11.1. The molecule has 0 saturated carbocycles. The molecular formula is C24H28N3O5S2+. The molecule has 2 heterocycles. The standard InChI is InChI=1S/C24H27N3O5S2/c1-3-17(34-22-24(30)32-26-27(22)15-11-7-6-8-12-15)20(28)25-21-19(23(29)31-2)16-13-9-4-5-10-14-18(16)33-21/h6-8,11-12,17H,3-5,9-10,13-14H2,1-2H3,(H-,25,26,28,29,30)/p+1. The van der Waals surface area contributed by atoms with E-state index in [-0.39, 0.29) is 10.9 Å². The van der Waals surface area contributed by atoms with Gasteiger partial charge >= 0.3 is 16.6 Å². The van der Waals surface area contributed by atoms with Gasteiger partial charge in [-0.25, -0.2) is 9.59 Å². The highest BCUT2D eigenvalue weighted by Gasteiger charge is 2.32. The number of nitrogens with zero attached hydrogens (tertiary/aromatic N) is 1. The minimum atomic E-state index is -0.566. The fraction of sp³-hybridized carbons (Fsp3) is 0.417. The van der Waals surface area contributed by atoms with Gasteiger partial charge in [-0.15, -0.1) is 11.3 Å². The number of methoxy groups -OCH3 is 1. The van der Waals surface area contributed by atoms with Crippen LogP contribution in [0.25, 0.3) is 5.69 Å². The smallest absolute Gasteiger partial charge is 0.442 e. The molecule has 10 heteroatoms. The maximum Gasteiger partial charge on any atom is 0.442 e. The highest BCUT2D eigenvalue weighted by molar-refractivity contribution is 8.00. The number of benzene rings is 1. The van der Waals surface area contributed by atoms with E-state index in [4.69, 9.17) is 9.26 Å². The maximum atomic E-state index is 13.3. The highest BCUT2D eigenvalue weighted by Crippen LogP contribution is 2.38. The molecule has 1 unspecified atom stereocenters. The largest absolute Gasteiger partial charge is 0.465 e. The van der Waals surface area contributed by atoms with Crippen LogP contribution in [0.15, 0.2) is 44.7 Å². The van der Waals surface area contributed by atoms with E-state index in [9.17, 15) is 14.4 Å². The number of fused-ring (bicyclic) bond motifs is 1. The number of aromatic amines is 1. The Balaban J connectivity index is 1.60. The first-order chi connectivity index (χ1) is 16.5. The first-order valence-electron chi connectivity index (χ1n) is 11.4. The van der Waals surface area contributed by atoms with Crippen molar-refractivity contribution in [3.63, 3.8) is 0 Å². The molecule has 1 atom stereocenters. The number of ether oxygens (including phenoxy) is 1. The zero-order chi connectivity index (χ0) is 24.1. The summed E-state index contributed by atoms with van der Waals surface area (Å²) in [7, 11) is 1.36. The molecule has 4 rings (SSSR count). The van der Waals surface area contributed by atoms with E-state index in [0.29, 0.717) is 17.0 Å². The summed E-state index contributed by atoms with van der Waals surface area (Å²) in [4.78, 5) is 39.5. The van der Waals surface area contributed by atoms with Crippen LogP contribution in [-0.4, -0.2) is 29.5 Å². The van der Waals surface area contributed by atoms with Crippen LogP contribution < -0.4 is 15.6 Å². The second-order valence-electron chi connectivity index (χ2n) is 8.07. The van der Waals surface area contributed by atoms with E-state index in [1.165, 1.54) is 29.5 Å². The van der Waals surface area contributed by atoms with Gasteiger partial charge in [-0.05, 0) is 59.4 Å². The number of rotatable bonds is 7. The van der Waals surface area contributed by atoms with Gasteiger partial charge in [0, 0.05) is 17.0 Å². The normalized spacial score (nSPS) is 14.5. The second-order valence-corrected chi connectivity index (χ2v) is 10.4. The molecule has 0 aliphatic heterocycles. The SMILES string of the molecule is CCC(Sc1c(=O)o[nH][n+]1-c1ccccc1)C(=O)Nc1sc2c(c1C(=O)OC)CCCCCC2. The number of nitrogens with one attached hydrogen (secondary N) is 2. The summed E-state index contributed by atoms with van der Waals surface area (Å²) in [6, 6.07) is 9.24. The highest BCUT2D eigenvalue weighted by atomic mass is 32.2. The number of hydrogen-bond acceptors (Lipinski definition) is 7.